The first kappa shape index (κ1) is 17.0. The van der Waals surface area contributed by atoms with Gasteiger partial charge in [0.1, 0.15) is 0 Å². The van der Waals surface area contributed by atoms with E-state index >= 15 is 0 Å². The van der Waals surface area contributed by atoms with Crippen LogP contribution in [-0.2, 0) is 0 Å². The summed E-state index contributed by atoms with van der Waals surface area (Å²) in [5.41, 5.74) is 0. The van der Waals surface area contributed by atoms with Crippen LogP contribution in [0.15, 0.2) is 0 Å². The molecule has 2 nitrogen and oxygen atoms in total. The monoisotopic (exact) mass is 268 g/mol. The molecule has 0 aromatic heterocycles. The van der Waals surface area contributed by atoms with E-state index in [-0.39, 0.29) is 0 Å². The van der Waals surface area contributed by atoms with Crippen LogP contribution in [0.1, 0.15) is 72.6 Å². The molecule has 1 aliphatic heterocycles. The van der Waals surface area contributed by atoms with Gasteiger partial charge in [-0.2, -0.15) is 0 Å². The zero-order valence-corrected chi connectivity index (χ0v) is 13.8. The number of nitrogens with one attached hydrogen (secondary N) is 1. The first-order valence-electron chi connectivity index (χ1n) is 8.61. The number of hydrogen-bond acceptors (Lipinski definition) is 2. The van der Waals surface area contributed by atoms with E-state index in [1.807, 2.05) is 0 Å². The van der Waals surface area contributed by atoms with E-state index in [1.165, 1.54) is 64.6 Å². The van der Waals surface area contributed by atoms with Crippen molar-refractivity contribution in [3.8, 4) is 0 Å². The van der Waals surface area contributed by atoms with E-state index in [2.05, 4.69) is 37.9 Å². The minimum absolute atomic E-state index is 0.703. The molecule has 1 N–H and O–H groups in total. The summed E-state index contributed by atoms with van der Waals surface area (Å²) < 4.78 is 0. The van der Waals surface area contributed by atoms with E-state index in [1.54, 1.807) is 0 Å². The average Bonchev–Trinajstić information content (AvgIpc) is 2.85. The first-order valence-corrected chi connectivity index (χ1v) is 8.61. The molecule has 2 heteroatoms. The Morgan fingerprint density at radius 3 is 2.47 bits per heavy atom. The van der Waals surface area contributed by atoms with Crippen LogP contribution in [0, 0.1) is 5.92 Å². The Morgan fingerprint density at radius 2 is 1.84 bits per heavy atom. The summed E-state index contributed by atoms with van der Waals surface area (Å²) in [5, 5.41) is 3.75. The molecule has 0 aromatic rings. The van der Waals surface area contributed by atoms with Crippen LogP contribution >= 0.6 is 0 Å². The molecule has 1 rings (SSSR count). The maximum atomic E-state index is 3.75. The minimum Gasteiger partial charge on any atom is -0.314 e. The Kier molecular flexibility index (Phi) is 8.72. The molecule has 1 heterocycles. The molecule has 2 atom stereocenters. The lowest BCUT2D eigenvalue weighted by Gasteiger charge is -2.21. The standard InChI is InChI=1S/C17H36N2/c1-5-6-7-8-9-10-16(4)18-13-17-11-12-19(14-17)15(2)3/h15-18H,5-14H2,1-4H3. The quantitative estimate of drug-likeness (QED) is 0.601. The van der Waals surface area contributed by atoms with Crippen LogP contribution in [0.3, 0.4) is 0 Å². The molecular weight excluding hydrogens is 232 g/mol. The van der Waals surface area contributed by atoms with Crippen molar-refractivity contribution in [1.82, 2.24) is 10.2 Å². The van der Waals surface area contributed by atoms with Gasteiger partial charge in [0.2, 0.25) is 0 Å². The van der Waals surface area contributed by atoms with Crippen LogP contribution in [0.4, 0.5) is 0 Å². The van der Waals surface area contributed by atoms with Crippen LogP contribution in [-0.4, -0.2) is 36.6 Å². The van der Waals surface area contributed by atoms with Crippen molar-refractivity contribution in [3.05, 3.63) is 0 Å². The molecule has 1 aliphatic rings. The van der Waals surface area contributed by atoms with E-state index < -0.39 is 0 Å². The highest BCUT2D eigenvalue weighted by Crippen LogP contribution is 2.18. The van der Waals surface area contributed by atoms with Gasteiger partial charge in [-0.3, -0.25) is 0 Å². The van der Waals surface area contributed by atoms with Crippen LogP contribution in [0.2, 0.25) is 0 Å². The molecule has 0 aliphatic carbocycles. The van der Waals surface area contributed by atoms with Crippen LogP contribution in [0.5, 0.6) is 0 Å². The highest BCUT2D eigenvalue weighted by atomic mass is 15.2. The summed E-state index contributed by atoms with van der Waals surface area (Å²) in [7, 11) is 0. The number of unbranched alkanes of at least 4 members (excludes halogenated alkanes) is 4. The number of nitrogens with zero attached hydrogens (tertiary/aromatic N) is 1. The van der Waals surface area contributed by atoms with Gasteiger partial charge in [0.15, 0.2) is 0 Å². The molecular formula is C17H36N2. The summed E-state index contributed by atoms with van der Waals surface area (Å²) in [6, 6.07) is 1.43. The Balaban J connectivity index is 1.99. The normalized spacial score (nSPS) is 22.3. The largest absolute Gasteiger partial charge is 0.314 e. The Bertz CT molecular complexity index is 215. The molecule has 0 spiro atoms. The molecule has 0 amide bonds. The van der Waals surface area contributed by atoms with Gasteiger partial charge in [-0.1, -0.05) is 39.0 Å². The second kappa shape index (κ2) is 9.77. The highest BCUT2D eigenvalue weighted by Gasteiger charge is 2.23. The number of rotatable bonds is 10. The molecule has 1 fully saturated rings. The number of hydrogen-bond donors (Lipinski definition) is 1. The zero-order chi connectivity index (χ0) is 14.1. The van der Waals surface area contributed by atoms with Crippen molar-refractivity contribution >= 4 is 0 Å². The predicted octanol–water partition coefficient (Wildman–Crippen LogP) is 4.06. The van der Waals surface area contributed by atoms with Crippen LogP contribution < -0.4 is 5.32 Å². The predicted molar refractivity (Wildman–Crippen MR) is 85.7 cm³/mol. The van der Waals surface area contributed by atoms with Gasteiger partial charge in [-0.05, 0) is 52.6 Å². The molecule has 2 unspecified atom stereocenters. The lowest BCUT2D eigenvalue weighted by atomic mass is 10.1. The Labute approximate surface area is 121 Å². The molecule has 114 valence electrons. The van der Waals surface area contributed by atoms with Gasteiger partial charge in [-0.25, -0.2) is 0 Å². The van der Waals surface area contributed by atoms with Crippen molar-refractivity contribution in [1.29, 1.82) is 0 Å². The third-order valence-corrected chi connectivity index (χ3v) is 4.54. The fourth-order valence-electron chi connectivity index (χ4n) is 3.02. The minimum atomic E-state index is 0.703. The second-order valence-electron chi connectivity index (χ2n) is 6.76. The van der Waals surface area contributed by atoms with Crippen molar-refractivity contribution < 1.29 is 0 Å². The van der Waals surface area contributed by atoms with E-state index in [0.717, 1.165) is 12.0 Å². The van der Waals surface area contributed by atoms with Gasteiger partial charge in [0.25, 0.3) is 0 Å². The van der Waals surface area contributed by atoms with Crippen molar-refractivity contribution in [2.45, 2.75) is 84.7 Å². The SMILES string of the molecule is CCCCCCCC(C)NCC1CCN(C(C)C)C1. The summed E-state index contributed by atoms with van der Waals surface area (Å²) in [6.45, 7) is 13.1. The molecule has 0 radical (unpaired) electrons. The summed E-state index contributed by atoms with van der Waals surface area (Å²) in [6.07, 6.45) is 9.74. The van der Waals surface area contributed by atoms with Gasteiger partial charge >= 0.3 is 0 Å². The fraction of sp³-hybridized carbons (Fsp3) is 1.00. The smallest absolute Gasteiger partial charge is 0.00388 e. The molecule has 1 saturated heterocycles. The topological polar surface area (TPSA) is 15.3 Å². The van der Waals surface area contributed by atoms with E-state index in [0.29, 0.717) is 6.04 Å². The summed E-state index contributed by atoms with van der Waals surface area (Å²) in [4.78, 5) is 2.61. The first-order chi connectivity index (χ1) is 9.13. The van der Waals surface area contributed by atoms with Gasteiger partial charge < -0.3 is 10.2 Å². The molecule has 0 bridgehead atoms. The second-order valence-corrected chi connectivity index (χ2v) is 6.76. The Morgan fingerprint density at radius 1 is 1.11 bits per heavy atom. The van der Waals surface area contributed by atoms with E-state index in [4.69, 9.17) is 0 Å². The van der Waals surface area contributed by atoms with Crippen molar-refractivity contribution in [2.75, 3.05) is 19.6 Å². The third-order valence-electron chi connectivity index (χ3n) is 4.54. The summed E-state index contributed by atoms with van der Waals surface area (Å²) in [5.74, 6) is 0.880. The van der Waals surface area contributed by atoms with Crippen LogP contribution in [0.25, 0.3) is 0 Å². The number of likely N-dealkylation sites (tertiary alicyclic amines) is 1. The lowest BCUT2D eigenvalue weighted by Crippen LogP contribution is -2.34. The highest BCUT2D eigenvalue weighted by molar-refractivity contribution is 4.79. The lowest BCUT2D eigenvalue weighted by molar-refractivity contribution is 0.262. The van der Waals surface area contributed by atoms with Crippen molar-refractivity contribution in [2.24, 2.45) is 5.92 Å². The molecule has 19 heavy (non-hydrogen) atoms. The van der Waals surface area contributed by atoms with Crippen molar-refractivity contribution in [3.63, 3.8) is 0 Å². The maximum absolute atomic E-state index is 3.75. The maximum Gasteiger partial charge on any atom is 0.00388 e. The Hall–Kier alpha value is -0.0800. The van der Waals surface area contributed by atoms with E-state index in [9.17, 15) is 0 Å². The van der Waals surface area contributed by atoms with Gasteiger partial charge in [0, 0.05) is 18.6 Å². The summed E-state index contributed by atoms with van der Waals surface area (Å²) >= 11 is 0. The average molecular weight is 268 g/mol. The fourth-order valence-corrected chi connectivity index (χ4v) is 3.02. The molecule has 0 aromatic carbocycles. The third kappa shape index (κ3) is 7.31. The van der Waals surface area contributed by atoms with Gasteiger partial charge in [0.05, 0.1) is 0 Å². The molecule has 0 saturated carbocycles. The zero-order valence-electron chi connectivity index (χ0n) is 13.8. The van der Waals surface area contributed by atoms with Gasteiger partial charge in [-0.15, -0.1) is 0 Å².